The molecule has 15 heavy (non-hydrogen) atoms. The SMILES string of the molecule is C=C(Br)CN(CC1CCNCC1)C(C)C. The van der Waals surface area contributed by atoms with Crippen LogP contribution in [0, 0.1) is 5.92 Å². The van der Waals surface area contributed by atoms with Gasteiger partial charge in [0.25, 0.3) is 0 Å². The van der Waals surface area contributed by atoms with Gasteiger partial charge in [-0.1, -0.05) is 22.5 Å². The highest BCUT2D eigenvalue weighted by Gasteiger charge is 2.18. The van der Waals surface area contributed by atoms with E-state index in [1.165, 1.54) is 32.5 Å². The molecule has 0 aromatic carbocycles. The minimum atomic E-state index is 0.606. The molecule has 0 amide bonds. The third-order valence-electron chi connectivity index (χ3n) is 3.06. The Kier molecular flexibility index (Phi) is 5.87. The molecule has 0 aliphatic carbocycles. The Bertz CT molecular complexity index is 198. The van der Waals surface area contributed by atoms with Gasteiger partial charge >= 0.3 is 0 Å². The van der Waals surface area contributed by atoms with Crippen molar-refractivity contribution >= 4 is 15.9 Å². The second-order valence-corrected chi connectivity index (χ2v) is 5.86. The van der Waals surface area contributed by atoms with Crippen LogP contribution >= 0.6 is 15.9 Å². The van der Waals surface area contributed by atoms with E-state index < -0.39 is 0 Å². The third kappa shape index (κ3) is 5.14. The van der Waals surface area contributed by atoms with E-state index in [1.807, 2.05) is 0 Å². The maximum Gasteiger partial charge on any atom is 0.0296 e. The minimum Gasteiger partial charge on any atom is -0.317 e. The molecule has 2 nitrogen and oxygen atoms in total. The molecular weight excluding hydrogens is 252 g/mol. The smallest absolute Gasteiger partial charge is 0.0296 e. The van der Waals surface area contributed by atoms with Crippen LogP contribution in [0.25, 0.3) is 0 Å². The molecule has 1 fully saturated rings. The van der Waals surface area contributed by atoms with Crippen LogP contribution in [0.5, 0.6) is 0 Å². The van der Waals surface area contributed by atoms with E-state index in [-0.39, 0.29) is 0 Å². The van der Waals surface area contributed by atoms with Crippen LogP contribution in [-0.2, 0) is 0 Å². The fourth-order valence-corrected chi connectivity index (χ4v) is 2.40. The fourth-order valence-electron chi connectivity index (χ4n) is 2.07. The molecule has 1 rings (SSSR count). The molecule has 0 aromatic rings. The Balaban J connectivity index is 2.38. The van der Waals surface area contributed by atoms with Crippen LogP contribution < -0.4 is 5.32 Å². The summed E-state index contributed by atoms with van der Waals surface area (Å²) in [6.07, 6.45) is 2.63. The molecule has 0 atom stereocenters. The van der Waals surface area contributed by atoms with Crippen molar-refractivity contribution in [2.24, 2.45) is 5.92 Å². The zero-order chi connectivity index (χ0) is 11.3. The molecule has 3 heteroatoms. The van der Waals surface area contributed by atoms with Crippen molar-refractivity contribution in [2.75, 3.05) is 26.2 Å². The first-order chi connectivity index (χ1) is 7.09. The van der Waals surface area contributed by atoms with Crippen LogP contribution in [0.15, 0.2) is 11.1 Å². The van der Waals surface area contributed by atoms with Crippen molar-refractivity contribution in [1.82, 2.24) is 10.2 Å². The van der Waals surface area contributed by atoms with Crippen molar-refractivity contribution in [1.29, 1.82) is 0 Å². The molecule has 0 saturated carbocycles. The number of piperidine rings is 1. The summed E-state index contributed by atoms with van der Waals surface area (Å²) in [5, 5.41) is 3.41. The van der Waals surface area contributed by atoms with Gasteiger partial charge in [-0.2, -0.15) is 0 Å². The third-order valence-corrected chi connectivity index (χ3v) is 3.31. The van der Waals surface area contributed by atoms with E-state index in [4.69, 9.17) is 0 Å². The summed E-state index contributed by atoms with van der Waals surface area (Å²) in [4.78, 5) is 2.51. The summed E-state index contributed by atoms with van der Waals surface area (Å²) in [6.45, 7) is 13.0. The van der Waals surface area contributed by atoms with Crippen molar-refractivity contribution in [3.8, 4) is 0 Å². The average molecular weight is 275 g/mol. The van der Waals surface area contributed by atoms with Gasteiger partial charge < -0.3 is 5.32 Å². The molecule has 0 bridgehead atoms. The van der Waals surface area contributed by atoms with Gasteiger partial charge in [-0.3, -0.25) is 4.90 Å². The molecule has 0 radical (unpaired) electrons. The highest BCUT2D eigenvalue weighted by atomic mass is 79.9. The number of hydrogen-bond acceptors (Lipinski definition) is 2. The normalized spacial score (nSPS) is 18.7. The van der Waals surface area contributed by atoms with Gasteiger partial charge in [0, 0.05) is 23.6 Å². The molecule has 1 N–H and O–H groups in total. The Morgan fingerprint density at radius 2 is 2.07 bits per heavy atom. The van der Waals surface area contributed by atoms with Crippen LogP contribution in [0.2, 0.25) is 0 Å². The minimum absolute atomic E-state index is 0.606. The molecule has 0 aromatic heterocycles. The first kappa shape index (κ1) is 13.2. The topological polar surface area (TPSA) is 15.3 Å². The maximum absolute atomic E-state index is 3.93. The molecule has 0 unspecified atom stereocenters. The lowest BCUT2D eigenvalue weighted by atomic mass is 9.97. The van der Waals surface area contributed by atoms with Gasteiger partial charge in [0.1, 0.15) is 0 Å². The summed E-state index contributed by atoms with van der Waals surface area (Å²) in [5.74, 6) is 0.862. The van der Waals surface area contributed by atoms with Crippen LogP contribution in [0.1, 0.15) is 26.7 Å². The van der Waals surface area contributed by atoms with Gasteiger partial charge in [0.15, 0.2) is 0 Å². The maximum atomic E-state index is 3.93. The predicted octanol–water partition coefficient (Wildman–Crippen LogP) is 2.61. The van der Waals surface area contributed by atoms with Gasteiger partial charge in [-0.05, 0) is 45.7 Å². The first-order valence-electron chi connectivity index (χ1n) is 5.87. The Morgan fingerprint density at radius 1 is 1.47 bits per heavy atom. The molecule has 1 aliphatic rings. The lowest BCUT2D eigenvalue weighted by molar-refractivity contribution is 0.185. The van der Waals surface area contributed by atoms with Gasteiger partial charge in [0.05, 0.1) is 0 Å². The fraction of sp³-hybridized carbons (Fsp3) is 0.833. The summed E-state index contributed by atoms with van der Waals surface area (Å²) in [5.41, 5.74) is 0. The van der Waals surface area contributed by atoms with Crippen molar-refractivity contribution in [2.45, 2.75) is 32.7 Å². The van der Waals surface area contributed by atoms with E-state index in [1.54, 1.807) is 0 Å². The first-order valence-corrected chi connectivity index (χ1v) is 6.67. The Labute approximate surface area is 102 Å². The Hall–Kier alpha value is 0.140. The molecule has 0 spiro atoms. The number of nitrogens with zero attached hydrogens (tertiary/aromatic N) is 1. The van der Waals surface area contributed by atoms with E-state index in [9.17, 15) is 0 Å². The molecular formula is C12H23BrN2. The number of hydrogen-bond donors (Lipinski definition) is 1. The summed E-state index contributed by atoms with van der Waals surface area (Å²) >= 11 is 3.46. The van der Waals surface area contributed by atoms with Crippen LogP contribution in [0.4, 0.5) is 0 Å². The highest BCUT2D eigenvalue weighted by molar-refractivity contribution is 9.11. The van der Waals surface area contributed by atoms with Gasteiger partial charge in [0.2, 0.25) is 0 Å². The second kappa shape index (κ2) is 6.66. The lowest BCUT2D eigenvalue weighted by Crippen LogP contribution is -2.39. The predicted molar refractivity (Wildman–Crippen MR) is 70.4 cm³/mol. The largest absolute Gasteiger partial charge is 0.317 e. The molecule has 1 heterocycles. The summed E-state index contributed by atoms with van der Waals surface area (Å²) in [6, 6.07) is 0.606. The van der Waals surface area contributed by atoms with Crippen LogP contribution in [0.3, 0.4) is 0 Å². The number of halogens is 1. The van der Waals surface area contributed by atoms with E-state index in [2.05, 4.69) is 46.6 Å². The highest BCUT2D eigenvalue weighted by Crippen LogP contribution is 2.17. The summed E-state index contributed by atoms with van der Waals surface area (Å²) < 4.78 is 1.09. The van der Waals surface area contributed by atoms with Gasteiger partial charge in [-0.15, -0.1) is 0 Å². The van der Waals surface area contributed by atoms with E-state index >= 15 is 0 Å². The molecule has 1 aliphatic heterocycles. The van der Waals surface area contributed by atoms with E-state index in [0.29, 0.717) is 6.04 Å². The number of rotatable bonds is 5. The number of nitrogens with one attached hydrogen (secondary N) is 1. The van der Waals surface area contributed by atoms with E-state index in [0.717, 1.165) is 16.9 Å². The Morgan fingerprint density at radius 3 is 2.53 bits per heavy atom. The zero-order valence-corrected chi connectivity index (χ0v) is 11.5. The quantitative estimate of drug-likeness (QED) is 0.829. The monoisotopic (exact) mass is 274 g/mol. The second-order valence-electron chi connectivity index (χ2n) is 4.73. The van der Waals surface area contributed by atoms with Crippen LogP contribution in [-0.4, -0.2) is 37.1 Å². The standard InChI is InChI=1S/C12H23BrN2/c1-10(2)15(8-11(3)13)9-12-4-6-14-7-5-12/h10,12,14H,3-9H2,1-2H3. The van der Waals surface area contributed by atoms with Crippen molar-refractivity contribution < 1.29 is 0 Å². The summed E-state index contributed by atoms with van der Waals surface area (Å²) in [7, 11) is 0. The average Bonchev–Trinajstić information content (AvgIpc) is 2.17. The van der Waals surface area contributed by atoms with Gasteiger partial charge in [-0.25, -0.2) is 0 Å². The van der Waals surface area contributed by atoms with Crippen molar-refractivity contribution in [3.05, 3.63) is 11.1 Å². The zero-order valence-electron chi connectivity index (χ0n) is 9.93. The van der Waals surface area contributed by atoms with Crippen molar-refractivity contribution in [3.63, 3.8) is 0 Å². The molecule has 1 saturated heterocycles. The molecule has 88 valence electrons. The lowest BCUT2D eigenvalue weighted by Gasteiger charge is -2.32.